The minimum absolute atomic E-state index is 0.123. The van der Waals surface area contributed by atoms with Crippen molar-refractivity contribution in [3.63, 3.8) is 0 Å². The second-order valence-electron chi connectivity index (χ2n) is 5.92. The lowest BCUT2D eigenvalue weighted by Gasteiger charge is -2.18. The van der Waals surface area contributed by atoms with Crippen LogP contribution in [0.2, 0.25) is 10.0 Å². The highest BCUT2D eigenvalue weighted by Crippen LogP contribution is 2.31. The number of thiophene rings is 1. The third-order valence-corrected chi connectivity index (χ3v) is 8.01. The molecule has 1 amide bonds. The topological polar surface area (TPSA) is 85.4 Å². The van der Waals surface area contributed by atoms with Gasteiger partial charge in [-0.3, -0.25) is 9.78 Å². The molecule has 1 unspecified atom stereocenters. The van der Waals surface area contributed by atoms with Gasteiger partial charge in [-0.25, -0.2) is 8.42 Å². The molecule has 2 heterocycles. The van der Waals surface area contributed by atoms with Crippen molar-refractivity contribution in [2.45, 2.75) is 9.46 Å². The minimum atomic E-state index is -3.70. The molecule has 3 aromatic rings. The van der Waals surface area contributed by atoms with Crippen LogP contribution in [-0.2, 0) is 14.6 Å². The molecule has 0 saturated carbocycles. The van der Waals surface area contributed by atoms with E-state index in [1.165, 1.54) is 18.3 Å². The molecule has 1 N–H and O–H groups in total. The van der Waals surface area contributed by atoms with Crippen LogP contribution in [-0.4, -0.2) is 32.5 Å². The van der Waals surface area contributed by atoms with E-state index in [0.29, 0.717) is 16.3 Å². The van der Waals surface area contributed by atoms with Crippen LogP contribution in [0.1, 0.15) is 10.8 Å². The van der Waals surface area contributed by atoms with Gasteiger partial charge in [0.05, 0.1) is 5.02 Å². The molecule has 1 atom stereocenters. The highest BCUT2D eigenvalue weighted by atomic mass is 35.5. The zero-order valence-electron chi connectivity index (χ0n) is 14.9. The van der Waals surface area contributed by atoms with Crippen LogP contribution < -0.4 is 10.1 Å². The number of nitrogens with one attached hydrogen (secondary N) is 1. The minimum Gasteiger partial charge on any atom is -0.482 e. The fraction of sp³-hybridized carbons (Fsp3) is 0.158. The second-order valence-corrected chi connectivity index (χ2v) is 10.1. The first-order valence-corrected chi connectivity index (χ1v) is 11.6. The molecule has 29 heavy (non-hydrogen) atoms. The van der Waals surface area contributed by atoms with Crippen molar-refractivity contribution in [1.29, 1.82) is 0 Å². The van der Waals surface area contributed by atoms with Crippen LogP contribution in [0.3, 0.4) is 0 Å². The van der Waals surface area contributed by atoms with Crippen LogP contribution in [0.25, 0.3) is 0 Å². The molecule has 0 aliphatic rings. The maximum Gasteiger partial charge on any atom is 0.257 e. The summed E-state index contributed by atoms with van der Waals surface area (Å²) in [7, 11) is -3.70. The number of rotatable bonds is 8. The van der Waals surface area contributed by atoms with Crippen molar-refractivity contribution in [2.24, 2.45) is 0 Å². The molecule has 0 fully saturated rings. The van der Waals surface area contributed by atoms with Crippen molar-refractivity contribution in [1.82, 2.24) is 10.3 Å². The summed E-state index contributed by atoms with van der Waals surface area (Å²) in [4.78, 5) is 16.2. The summed E-state index contributed by atoms with van der Waals surface area (Å²) in [6.45, 7) is -0.442. The number of carbonyl (C=O) groups is 1. The number of aromatic nitrogens is 1. The Hall–Kier alpha value is -2.13. The molecule has 0 saturated heterocycles. The average molecular weight is 471 g/mol. The smallest absolute Gasteiger partial charge is 0.257 e. The summed E-state index contributed by atoms with van der Waals surface area (Å²) < 4.78 is 31.7. The lowest BCUT2D eigenvalue weighted by Crippen LogP contribution is -2.34. The van der Waals surface area contributed by atoms with Crippen LogP contribution in [0.4, 0.5) is 0 Å². The van der Waals surface area contributed by atoms with Gasteiger partial charge in [0.1, 0.15) is 15.2 Å². The predicted molar refractivity (Wildman–Crippen MR) is 113 cm³/mol. The van der Waals surface area contributed by atoms with Gasteiger partial charge in [-0.2, -0.15) is 0 Å². The fourth-order valence-corrected chi connectivity index (χ4v) is 5.84. The Labute approximate surface area is 182 Å². The van der Waals surface area contributed by atoms with Gasteiger partial charge in [0.15, 0.2) is 16.4 Å². The van der Waals surface area contributed by atoms with Gasteiger partial charge >= 0.3 is 0 Å². The van der Waals surface area contributed by atoms with Crippen LogP contribution in [0.5, 0.6) is 5.75 Å². The molecule has 6 nitrogen and oxygen atoms in total. The van der Waals surface area contributed by atoms with Gasteiger partial charge in [0.2, 0.25) is 0 Å². The molecule has 152 valence electrons. The molecular weight excluding hydrogens is 455 g/mol. The summed E-state index contributed by atoms with van der Waals surface area (Å²) in [5, 5.41) is 4.06. The normalized spacial score (nSPS) is 12.3. The van der Waals surface area contributed by atoms with Crippen LogP contribution in [0, 0.1) is 0 Å². The first kappa shape index (κ1) is 21.6. The zero-order valence-corrected chi connectivity index (χ0v) is 18.1. The van der Waals surface area contributed by atoms with E-state index in [1.807, 2.05) is 0 Å². The Balaban J connectivity index is 1.69. The van der Waals surface area contributed by atoms with Gasteiger partial charge < -0.3 is 10.1 Å². The van der Waals surface area contributed by atoms with Gasteiger partial charge in [-0.15, -0.1) is 11.3 Å². The van der Waals surface area contributed by atoms with Gasteiger partial charge in [0.25, 0.3) is 5.91 Å². The monoisotopic (exact) mass is 470 g/mol. The van der Waals surface area contributed by atoms with Crippen LogP contribution in [0.15, 0.2) is 64.4 Å². The maximum atomic E-state index is 13.0. The number of halogens is 2. The Bertz CT molecular complexity index is 1070. The molecule has 3 rings (SSSR count). The molecule has 0 radical (unpaired) electrons. The molecule has 0 aliphatic carbocycles. The van der Waals surface area contributed by atoms with Crippen molar-refractivity contribution in [3.8, 4) is 5.75 Å². The van der Waals surface area contributed by atoms with Gasteiger partial charge in [0, 0.05) is 24.0 Å². The van der Waals surface area contributed by atoms with Crippen molar-refractivity contribution in [2.75, 3.05) is 13.2 Å². The molecule has 0 bridgehead atoms. The lowest BCUT2D eigenvalue weighted by atomic mass is 10.2. The molecule has 2 aromatic heterocycles. The first-order chi connectivity index (χ1) is 13.9. The number of hydrogen-bond donors (Lipinski definition) is 1. The number of carbonyl (C=O) groups excluding carboxylic acids is 1. The number of pyridine rings is 1. The van der Waals surface area contributed by atoms with E-state index >= 15 is 0 Å². The summed E-state index contributed by atoms with van der Waals surface area (Å²) in [5.74, 6) is -0.174. The third-order valence-electron chi connectivity index (χ3n) is 3.94. The van der Waals surface area contributed by atoms with Gasteiger partial charge in [-0.05, 0) is 41.3 Å². The van der Waals surface area contributed by atoms with E-state index < -0.39 is 21.0 Å². The van der Waals surface area contributed by atoms with E-state index in [4.69, 9.17) is 27.9 Å². The lowest BCUT2D eigenvalue weighted by molar-refractivity contribution is -0.123. The molecule has 0 aliphatic heterocycles. The standard InChI is InChI=1S/C19H16Cl2N2O4S2/c20-14-5-6-16(15(21)9-14)27-12-18(24)23-11-17(13-3-1-7-22-10-13)29(25,26)19-4-2-8-28-19/h1-10,17H,11-12H2,(H,23,24). The predicted octanol–water partition coefficient (Wildman–Crippen LogP) is 4.16. The highest BCUT2D eigenvalue weighted by Gasteiger charge is 2.30. The Morgan fingerprint density at radius 2 is 2.03 bits per heavy atom. The van der Waals surface area contributed by atoms with Crippen molar-refractivity contribution >= 4 is 50.3 Å². The number of nitrogens with zero attached hydrogens (tertiary/aromatic N) is 1. The maximum absolute atomic E-state index is 13.0. The number of benzene rings is 1. The zero-order chi connectivity index (χ0) is 20.9. The van der Waals surface area contributed by atoms with Crippen LogP contribution >= 0.6 is 34.5 Å². The van der Waals surface area contributed by atoms with Gasteiger partial charge in [-0.1, -0.05) is 35.3 Å². The van der Waals surface area contributed by atoms with E-state index in [9.17, 15) is 13.2 Å². The Morgan fingerprint density at radius 3 is 2.69 bits per heavy atom. The first-order valence-electron chi connectivity index (χ1n) is 8.40. The molecular formula is C19H16Cl2N2O4S2. The SMILES string of the molecule is O=C(COc1ccc(Cl)cc1Cl)NCC(c1cccnc1)S(=O)(=O)c1cccs1. The van der Waals surface area contributed by atoms with Crippen molar-refractivity contribution in [3.05, 3.63) is 75.8 Å². The van der Waals surface area contributed by atoms with Crippen molar-refractivity contribution < 1.29 is 17.9 Å². The quantitative estimate of drug-likeness (QED) is 0.533. The van der Waals surface area contributed by atoms with E-state index in [1.54, 1.807) is 41.9 Å². The van der Waals surface area contributed by atoms with E-state index in [2.05, 4.69) is 10.3 Å². The van der Waals surface area contributed by atoms with E-state index in [0.717, 1.165) is 11.3 Å². The molecule has 1 aromatic carbocycles. The Kier molecular flexibility index (Phi) is 7.13. The Morgan fingerprint density at radius 1 is 1.21 bits per heavy atom. The largest absolute Gasteiger partial charge is 0.482 e. The number of amides is 1. The average Bonchev–Trinajstić information content (AvgIpc) is 3.24. The summed E-state index contributed by atoms with van der Waals surface area (Å²) in [6.07, 6.45) is 3.03. The van der Waals surface area contributed by atoms with E-state index in [-0.39, 0.29) is 22.4 Å². The molecule has 10 heteroatoms. The number of sulfone groups is 1. The summed E-state index contributed by atoms with van der Waals surface area (Å²) in [5.41, 5.74) is 0.489. The summed E-state index contributed by atoms with van der Waals surface area (Å²) in [6, 6.07) is 11.2. The highest BCUT2D eigenvalue weighted by molar-refractivity contribution is 7.93. The third kappa shape index (κ3) is 5.48. The fourth-order valence-electron chi connectivity index (χ4n) is 2.53. The molecule has 0 spiro atoms. The second kappa shape index (κ2) is 9.58. The summed E-state index contributed by atoms with van der Waals surface area (Å²) >= 11 is 13.0. The number of hydrogen-bond acceptors (Lipinski definition) is 6. The number of ether oxygens (including phenoxy) is 1.